The van der Waals surface area contributed by atoms with Gasteiger partial charge in [-0.05, 0) is 65.9 Å². The molecule has 0 radical (unpaired) electrons. The van der Waals surface area contributed by atoms with Crippen LogP contribution in [0.2, 0.25) is 0 Å². The molecule has 4 rings (SSSR count). The molecule has 1 saturated heterocycles. The minimum atomic E-state index is -0.658. The number of nitrogens with zero attached hydrogens (tertiary/aromatic N) is 1. The summed E-state index contributed by atoms with van der Waals surface area (Å²) in [6, 6.07) is 24.2. The van der Waals surface area contributed by atoms with Crippen molar-refractivity contribution in [1.82, 2.24) is 4.90 Å². The maximum atomic E-state index is 11.4. The maximum absolute atomic E-state index is 11.4. The second-order valence-electron chi connectivity index (χ2n) is 7.75. The molecule has 1 N–H and O–H groups in total. The summed E-state index contributed by atoms with van der Waals surface area (Å²) in [5.74, 6) is -0.870. The van der Waals surface area contributed by atoms with Gasteiger partial charge in [-0.1, -0.05) is 67.6 Å². The lowest BCUT2D eigenvalue weighted by atomic mass is 9.90. The zero-order valence-corrected chi connectivity index (χ0v) is 16.3. The van der Waals surface area contributed by atoms with Gasteiger partial charge in [-0.3, -0.25) is 9.69 Å². The van der Waals surface area contributed by atoms with E-state index in [2.05, 4.69) is 78.6 Å². The van der Waals surface area contributed by atoms with Crippen LogP contribution >= 0.6 is 0 Å². The highest BCUT2D eigenvalue weighted by atomic mass is 16.4. The Kier molecular flexibility index (Phi) is 5.45. The predicted octanol–water partition coefficient (Wildman–Crippen LogP) is 5.29. The molecule has 3 nitrogen and oxygen atoms in total. The quantitative estimate of drug-likeness (QED) is 0.661. The summed E-state index contributed by atoms with van der Waals surface area (Å²) in [5.41, 5.74) is 3.89. The molecule has 1 aliphatic rings. The van der Waals surface area contributed by atoms with Crippen molar-refractivity contribution in [1.29, 1.82) is 0 Å². The smallest absolute Gasteiger partial charge is 0.306 e. The summed E-state index contributed by atoms with van der Waals surface area (Å²) < 4.78 is 0. The normalized spacial score (nSPS) is 16.9. The summed E-state index contributed by atoms with van der Waals surface area (Å²) in [4.78, 5) is 13.8. The minimum Gasteiger partial charge on any atom is -0.481 e. The molecular formula is C25H27NO2. The standard InChI is InChI=1S/C25H27NO2/c1-2-18-7-9-20(10-8-18)24(26-15-13-21(14-16-26)25(27)28)23-12-11-19-5-3-4-6-22(19)17-23/h3-12,17,21,24H,2,13-16H2,1H3,(H,27,28). The predicted molar refractivity (Wildman–Crippen MR) is 114 cm³/mol. The van der Waals surface area contributed by atoms with Crippen molar-refractivity contribution in [3.8, 4) is 0 Å². The Morgan fingerprint density at radius 3 is 2.25 bits per heavy atom. The van der Waals surface area contributed by atoms with E-state index < -0.39 is 5.97 Å². The first-order valence-corrected chi connectivity index (χ1v) is 10.2. The fraction of sp³-hybridized carbons (Fsp3) is 0.320. The molecule has 0 bridgehead atoms. The molecule has 0 amide bonds. The van der Waals surface area contributed by atoms with Crippen molar-refractivity contribution in [2.24, 2.45) is 5.92 Å². The van der Waals surface area contributed by atoms with Gasteiger partial charge in [0.15, 0.2) is 0 Å². The van der Waals surface area contributed by atoms with Gasteiger partial charge in [-0.15, -0.1) is 0 Å². The number of aryl methyl sites for hydroxylation is 1. The second kappa shape index (κ2) is 8.15. The van der Waals surface area contributed by atoms with Crippen molar-refractivity contribution in [3.05, 3.63) is 83.4 Å². The molecule has 3 heteroatoms. The molecule has 0 aromatic heterocycles. The zero-order valence-electron chi connectivity index (χ0n) is 16.3. The number of carbonyl (C=O) groups is 1. The molecule has 0 saturated carbocycles. The second-order valence-corrected chi connectivity index (χ2v) is 7.75. The first kappa shape index (κ1) is 18.7. The van der Waals surface area contributed by atoms with E-state index in [9.17, 15) is 9.90 Å². The Hall–Kier alpha value is -2.65. The number of carboxylic acids is 1. The lowest BCUT2D eigenvalue weighted by Gasteiger charge is -2.37. The third-order valence-corrected chi connectivity index (χ3v) is 6.04. The van der Waals surface area contributed by atoms with E-state index in [-0.39, 0.29) is 12.0 Å². The average Bonchev–Trinajstić information content (AvgIpc) is 2.75. The fourth-order valence-corrected chi connectivity index (χ4v) is 4.33. The van der Waals surface area contributed by atoms with Crippen LogP contribution in [0.5, 0.6) is 0 Å². The van der Waals surface area contributed by atoms with Gasteiger partial charge in [0.05, 0.1) is 12.0 Å². The zero-order chi connectivity index (χ0) is 19.5. The van der Waals surface area contributed by atoms with Crippen LogP contribution in [-0.4, -0.2) is 29.1 Å². The van der Waals surface area contributed by atoms with Gasteiger partial charge in [0.2, 0.25) is 0 Å². The van der Waals surface area contributed by atoms with Gasteiger partial charge >= 0.3 is 5.97 Å². The number of fused-ring (bicyclic) bond motifs is 1. The van der Waals surface area contributed by atoms with E-state index in [1.165, 1.54) is 27.5 Å². The minimum absolute atomic E-state index is 0.158. The Bertz CT molecular complexity index is 956. The number of rotatable bonds is 5. The molecule has 144 valence electrons. The third-order valence-electron chi connectivity index (χ3n) is 6.04. The van der Waals surface area contributed by atoms with Crippen molar-refractivity contribution < 1.29 is 9.90 Å². The first-order chi connectivity index (χ1) is 13.7. The Morgan fingerprint density at radius 2 is 1.61 bits per heavy atom. The monoisotopic (exact) mass is 373 g/mol. The van der Waals surface area contributed by atoms with Crippen LogP contribution in [0.3, 0.4) is 0 Å². The first-order valence-electron chi connectivity index (χ1n) is 10.2. The third kappa shape index (κ3) is 3.81. The lowest BCUT2D eigenvalue weighted by molar-refractivity contribution is -0.143. The fourth-order valence-electron chi connectivity index (χ4n) is 4.33. The van der Waals surface area contributed by atoms with Gasteiger partial charge in [0.1, 0.15) is 0 Å². The van der Waals surface area contributed by atoms with E-state index in [0.717, 1.165) is 19.5 Å². The molecule has 1 atom stereocenters. The summed E-state index contributed by atoms with van der Waals surface area (Å²) in [6.45, 7) is 3.79. The highest BCUT2D eigenvalue weighted by Gasteiger charge is 2.30. The number of aliphatic carboxylic acids is 1. The molecule has 3 aromatic rings. The van der Waals surface area contributed by atoms with Gasteiger partial charge in [-0.25, -0.2) is 0 Å². The highest BCUT2D eigenvalue weighted by Crippen LogP contribution is 2.34. The van der Waals surface area contributed by atoms with Gasteiger partial charge < -0.3 is 5.11 Å². The molecule has 1 aliphatic heterocycles. The van der Waals surface area contributed by atoms with E-state index in [1.807, 2.05) is 0 Å². The van der Waals surface area contributed by atoms with Crippen molar-refractivity contribution in [2.75, 3.05) is 13.1 Å². The van der Waals surface area contributed by atoms with Crippen molar-refractivity contribution in [3.63, 3.8) is 0 Å². The summed E-state index contributed by atoms with van der Waals surface area (Å²) in [7, 11) is 0. The van der Waals surface area contributed by atoms with E-state index in [0.29, 0.717) is 12.8 Å². The van der Waals surface area contributed by atoms with Crippen LogP contribution in [0.25, 0.3) is 10.8 Å². The summed E-state index contributed by atoms with van der Waals surface area (Å²) in [6.07, 6.45) is 2.46. The molecule has 0 aliphatic carbocycles. The maximum Gasteiger partial charge on any atom is 0.306 e. The number of piperidine rings is 1. The van der Waals surface area contributed by atoms with Crippen molar-refractivity contribution >= 4 is 16.7 Å². The number of benzene rings is 3. The molecule has 28 heavy (non-hydrogen) atoms. The van der Waals surface area contributed by atoms with Crippen LogP contribution in [-0.2, 0) is 11.2 Å². The van der Waals surface area contributed by atoms with E-state index in [1.54, 1.807) is 0 Å². The largest absolute Gasteiger partial charge is 0.481 e. The van der Waals surface area contributed by atoms with Gasteiger partial charge in [-0.2, -0.15) is 0 Å². The molecule has 3 aromatic carbocycles. The topological polar surface area (TPSA) is 40.5 Å². The Labute approximate surface area is 166 Å². The molecule has 1 unspecified atom stereocenters. The number of hydrogen-bond donors (Lipinski definition) is 1. The van der Waals surface area contributed by atoms with E-state index >= 15 is 0 Å². The van der Waals surface area contributed by atoms with Crippen molar-refractivity contribution in [2.45, 2.75) is 32.2 Å². The SMILES string of the molecule is CCc1ccc(C(c2ccc3ccccc3c2)N2CCC(C(=O)O)CC2)cc1. The van der Waals surface area contributed by atoms with E-state index in [4.69, 9.17) is 0 Å². The molecule has 1 heterocycles. The van der Waals surface area contributed by atoms with Crippen LogP contribution in [0.15, 0.2) is 66.7 Å². The molecule has 0 spiro atoms. The number of hydrogen-bond acceptors (Lipinski definition) is 2. The summed E-state index contributed by atoms with van der Waals surface area (Å²) >= 11 is 0. The summed E-state index contributed by atoms with van der Waals surface area (Å²) in [5, 5.41) is 11.8. The molecular weight excluding hydrogens is 346 g/mol. The van der Waals surface area contributed by atoms with Crippen LogP contribution in [0.4, 0.5) is 0 Å². The molecule has 1 fully saturated rings. The Morgan fingerprint density at radius 1 is 0.964 bits per heavy atom. The van der Waals surface area contributed by atoms with Gasteiger partial charge in [0, 0.05) is 0 Å². The Balaban J connectivity index is 1.70. The van der Waals surface area contributed by atoms with Gasteiger partial charge in [0.25, 0.3) is 0 Å². The number of likely N-dealkylation sites (tertiary alicyclic amines) is 1. The number of carboxylic acid groups (broad SMARTS) is 1. The van der Waals surface area contributed by atoms with Crippen LogP contribution in [0, 0.1) is 5.92 Å². The van der Waals surface area contributed by atoms with Crippen LogP contribution < -0.4 is 0 Å². The highest BCUT2D eigenvalue weighted by molar-refractivity contribution is 5.83. The lowest BCUT2D eigenvalue weighted by Crippen LogP contribution is -2.39. The van der Waals surface area contributed by atoms with Crippen LogP contribution in [0.1, 0.15) is 42.5 Å². The average molecular weight is 373 g/mol.